The van der Waals surface area contributed by atoms with Crippen molar-refractivity contribution in [2.24, 2.45) is 10.9 Å². The number of nitrogens with two attached hydrogens (primary N) is 1. The normalized spacial score (nSPS) is 21.4. The predicted molar refractivity (Wildman–Crippen MR) is 54.1 cm³/mol. The van der Waals surface area contributed by atoms with Crippen molar-refractivity contribution in [3.8, 4) is 0 Å². The van der Waals surface area contributed by atoms with E-state index < -0.39 is 0 Å². The third kappa shape index (κ3) is 1.59. The van der Waals surface area contributed by atoms with Gasteiger partial charge in [-0.2, -0.15) is 0 Å². The maximum Gasteiger partial charge on any atom is 0.145 e. The molecule has 0 bridgehead atoms. The maximum atomic E-state index is 5.49. The van der Waals surface area contributed by atoms with Crippen LogP contribution in [0, 0.1) is 6.92 Å². The summed E-state index contributed by atoms with van der Waals surface area (Å²) in [6.07, 6.45) is 0.925. The van der Waals surface area contributed by atoms with E-state index in [1.54, 1.807) is 11.3 Å². The van der Waals surface area contributed by atoms with Crippen molar-refractivity contribution < 1.29 is 4.84 Å². The molecule has 1 atom stereocenters. The molecule has 0 fully saturated rings. The summed E-state index contributed by atoms with van der Waals surface area (Å²) in [7, 11) is 0. The molecule has 1 aromatic heterocycles. The molecule has 2 heterocycles. The Morgan fingerprint density at radius 1 is 1.77 bits per heavy atom. The van der Waals surface area contributed by atoms with Gasteiger partial charge < -0.3 is 10.6 Å². The molecule has 2 rings (SSSR count). The third-order valence-electron chi connectivity index (χ3n) is 2.12. The van der Waals surface area contributed by atoms with E-state index in [0.717, 1.165) is 12.1 Å². The van der Waals surface area contributed by atoms with Crippen LogP contribution >= 0.6 is 11.3 Å². The van der Waals surface area contributed by atoms with Crippen molar-refractivity contribution in [3.05, 3.63) is 21.9 Å². The van der Waals surface area contributed by atoms with Gasteiger partial charge in [0.05, 0.1) is 4.88 Å². The van der Waals surface area contributed by atoms with Crippen LogP contribution < -0.4 is 5.73 Å². The first-order chi connectivity index (χ1) is 6.31. The Balaban J connectivity index is 2.16. The number of nitrogens with zero attached hydrogens (tertiary/aromatic N) is 1. The number of thiophene rings is 1. The maximum absolute atomic E-state index is 5.49. The van der Waals surface area contributed by atoms with Crippen molar-refractivity contribution in [1.82, 2.24) is 0 Å². The molecule has 0 radical (unpaired) electrons. The molecule has 0 spiro atoms. The lowest BCUT2D eigenvalue weighted by molar-refractivity contribution is 0.0919. The third-order valence-corrected chi connectivity index (χ3v) is 3.19. The van der Waals surface area contributed by atoms with Crippen LogP contribution in [0.15, 0.2) is 16.6 Å². The molecular weight excluding hydrogens is 184 g/mol. The average molecular weight is 196 g/mol. The molecule has 13 heavy (non-hydrogen) atoms. The number of oxime groups is 1. The first-order valence-electron chi connectivity index (χ1n) is 4.28. The van der Waals surface area contributed by atoms with Gasteiger partial charge in [0, 0.05) is 13.0 Å². The van der Waals surface area contributed by atoms with Crippen molar-refractivity contribution >= 4 is 17.0 Å². The second-order valence-corrected chi connectivity index (χ2v) is 4.05. The molecule has 1 aliphatic heterocycles. The Morgan fingerprint density at radius 2 is 2.62 bits per heavy atom. The molecule has 1 aromatic rings. The van der Waals surface area contributed by atoms with Crippen LogP contribution in [0.1, 0.15) is 16.9 Å². The Bertz CT molecular complexity index is 332. The fraction of sp³-hybridized carbons (Fsp3) is 0.444. The van der Waals surface area contributed by atoms with Crippen molar-refractivity contribution in [3.63, 3.8) is 0 Å². The highest BCUT2D eigenvalue weighted by Crippen LogP contribution is 2.23. The van der Waals surface area contributed by atoms with Crippen LogP contribution in [0.3, 0.4) is 0 Å². The van der Waals surface area contributed by atoms with Gasteiger partial charge in [-0.1, -0.05) is 5.16 Å². The minimum atomic E-state index is 0.0801. The lowest BCUT2D eigenvalue weighted by Crippen LogP contribution is -2.19. The van der Waals surface area contributed by atoms with Gasteiger partial charge in [0.1, 0.15) is 11.8 Å². The summed E-state index contributed by atoms with van der Waals surface area (Å²) in [6, 6.07) is 2.10. The zero-order valence-electron chi connectivity index (χ0n) is 7.49. The Labute approximate surface area is 81.2 Å². The highest BCUT2D eigenvalue weighted by molar-refractivity contribution is 7.12. The van der Waals surface area contributed by atoms with Gasteiger partial charge in [-0.15, -0.1) is 11.3 Å². The Kier molecular flexibility index (Phi) is 2.33. The van der Waals surface area contributed by atoms with Crippen LogP contribution in [0.2, 0.25) is 0 Å². The average Bonchev–Trinajstić information content (AvgIpc) is 2.71. The van der Waals surface area contributed by atoms with Gasteiger partial charge in [-0.3, -0.25) is 0 Å². The second-order valence-electron chi connectivity index (χ2n) is 3.14. The first-order valence-corrected chi connectivity index (χ1v) is 5.16. The fourth-order valence-corrected chi connectivity index (χ4v) is 2.28. The molecule has 0 amide bonds. The van der Waals surface area contributed by atoms with Crippen LogP contribution in [0.4, 0.5) is 0 Å². The van der Waals surface area contributed by atoms with E-state index in [1.165, 1.54) is 10.4 Å². The molecule has 1 unspecified atom stereocenters. The van der Waals surface area contributed by atoms with Gasteiger partial charge >= 0.3 is 0 Å². The SMILES string of the molecule is Cc1ccsc1C1=NOC(CN)C1. The second kappa shape index (κ2) is 3.47. The highest BCUT2D eigenvalue weighted by atomic mass is 32.1. The van der Waals surface area contributed by atoms with E-state index in [-0.39, 0.29) is 6.10 Å². The molecule has 1 aliphatic rings. The number of hydrogen-bond acceptors (Lipinski definition) is 4. The topological polar surface area (TPSA) is 47.6 Å². The Morgan fingerprint density at radius 3 is 3.15 bits per heavy atom. The molecule has 0 aromatic carbocycles. The monoisotopic (exact) mass is 196 g/mol. The number of hydrogen-bond donors (Lipinski definition) is 1. The standard InChI is InChI=1S/C9H12N2OS/c1-6-2-3-13-9(6)8-4-7(5-10)12-11-8/h2-3,7H,4-5,10H2,1H3. The summed E-state index contributed by atoms with van der Waals surface area (Å²) in [5, 5.41) is 6.11. The molecule has 0 saturated heterocycles. The lowest BCUT2D eigenvalue weighted by atomic mass is 10.1. The van der Waals surface area contributed by atoms with E-state index >= 15 is 0 Å². The van der Waals surface area contributed by atoms with Crippen LogP contribution in [0.25, 0.3) is 0 Å². The van der Waals surface area contributed by atoms with Gasteiger partial charge in [-0.25, -0.2) is 0 Å². The molecule has 4 heteroatoms. The van der Waals surface area contributed by atoms with E-state index in [4.69, 9.17) is 10.6 Å². The van der Waals surface area contributed by atoms with Gasteiger partial charge in [-0.05, 0) is 23.9 Å². The molecular formula is C9H12N2OS. The smallest absolute Gasteiger partial charge is 0.145 e. The number of rotatable bonds is 2. The molecule has 3 nitrogen and oxygen atoms in total. The summed E-state index contributed by atoms with van der Waals surface area (Å²) in [5.74, 6) is 0. The van der Waals surface area contributed by atoms with Crippen molar-refractivity contribution in [2.45, 2.75) is 19.4 Å². The van der Waals surface area contributed by atoms with E-state index in [0.29, 0.717) is 6.54 Å². The zero-order valence-corrected chi connectivity index (χ0v) is 8.30. The van der Waals surface area contributed by atoms with Gasteiger partial charge in [0.2, 0.25) is 0 Å². The largest absolute Gasteiger partial charge is 0.390 e. The van der Waals surface area contributed by atoms with E-state index in [2.05, 4.69) is 23.5 Å². The fourth-order valence-electron chi connectivity index (χ4n) is 1.36. The summed E-state index contributed by atoms with van der Waals surface area (Å²) >= 11 is 1.71. The Hall–Kier alpha value is -0.870. The van der Waals surface area contributed by atoms with E-state index in [9.17, 15) is 0 Å². The minimum Gasteiger partial charge on any atom is -0.390 e. The van der Waals surface area contributed by atoms with E-state index in [1.807, 2.05) is 0 Å². The summed E-state index contributed by atoms with van der Waals surface area (Å²) in [5.41, 5.74) is 7.81. The quantitative estimate of drug-likeness (QED) is 0.779. The first kappa shape index (κ1) is 8.72. The number of aryl methyl sites for hydroxylation is 1. The highest BCUT2D eigenvalue weighted by Gasteiger charge is 2.22. The summed E-state index contributed by atoms with van der Waals surface area (Å²) < 4.78 is 0. The predicted octanol–water partition coefficient (Wildman–Crippen LogP) is 1.51. The summed E-state index contributed by atoms with van der Waals surface area (Å²) in [6.45, 7) is 2.63. The molecule has 0 aliphatic carbocycles. The molecule has 70 valence electrons. The van der Waals surface area contributed by atoms with Crippen LogP contribution in [0.5, 0.6) is 0 Å². The molecule has 2 N–H and O–H groups in total. The van der Waals surface area contributed by atoms with Gasteiger partial charge in [0.15, 0.2) is 0 Å². The molecule has 0 saturated carbocycles. The van der Waals surface area contributed by atoms with Crippen LogP contribution in [-0.4, -0.2) is 18.4 Å². The van der Waals surface area contributed by atoms with Crippen LogP contribution in [-0.2, 0) is 4.84 Å². The lowest BCUT2D eigenvalue weighted by Gasteiger charge is -2.01. The minimum absolute atomic E-state index is 0.0801. The van der Waals surface area contributed by atoms with Crippen molar-refractivity contribution in [1.29, 1.82) is 0 Å². The van der Waals surface area contributed by atoms with Gasteiger partial charge in [0.25, 0.3) is 0 Å². The van der Waals surface area contributed by atoms with Crippen molar-refractivity contribution in [2.75, 3.05) is 6.54 Å². The zero-order chi connectivity index (χ0) is 9.26. The summed E-state index contributed by atoms with van der Waals surface area (Å²) in [4.78, 5) is 6.40.